The minimum absolute atomic E-state index is 0.00986. The molecule has 1 amide bonds. The molecule has 0 atom stereocenters. The van der Waals surface area contributed by atoms with Gasteiger partial charge in [-0.2, -0.15) is 8.42 Å². The molecule has 1 aliphatic rings. The van der Waals surface area contributed by atoms with Crippen LogP contribution in [-0.2, 0) is 10.0 Å². The Labute approximate surface area is 174 Å². The van der Waals surface area contributed by atoms with Gasteiger partial charge in [-0.15, -0.1) is 4.40 Å². The highest BCUT2D eigenvalue weighted by Gasteiger charge is 2.21. The molecule has 30 heavy (non-hydrogen) atoms. The van der Waals surface area contributed by atoms with Crippen LogP contribution in [0.1, 0.15) is 23.4 Å². The van der Waals surface area contributed by atoms with Crippen LogP contribution in [0, 0.1) is 0 Å². The average Bonchev–Trinajstić information content (AvgIpc) is 3.38. The zero-order valence-electron chi connectivity index (χ0n) is 16.3. The third-order valence-corrected chi connectivity index (χ3v) is 6.05. The van der Waals surface area contributed by atoms with Crippen molar-refractivity contribution in [2.45, 2.75) is 17.7 Å². The summed E-state index contributed by atoms with van der Waals surface area (Å²) in [6.07, 6.45) is 1.50. The number of amidine groups is 1. The highest BCUT2D eigenvalue weighted by molar-refractivity contribution is 7.90. The summed E-state index contributed by atoms with van der Waals surface area (Å²) in [5.74, 6) is 0.0375. The number of hydrogen-bond acceptors (Lipinski definition) is 5. The Hall–Kier alpha value is -3.46. The van der Waals surface area contributed by atoms with Crippen LogP contribution in [0.2, 0.25) is 0 Å². The van der Waals surface area contributed by atoms with E-state index in [4.69, 9.17) is 4.52 Å². The van der Waals surface area contributed by atoms with E-state index in [2.05, 4.69) is 14.9 Å². The number of rotatable bonds is 5. The van der Waals surface area contributed by atoms with Crippen molar-refractivity contribution in [2.24, 2.45) is 4.40 Å². The van der Waals surface area contributed by atoms with Crippen molar-refractivity contribution in [1.29, 1.82) is 0 Å². The second-order valence-electron chi connectivity index (χ2n) is 6.93. The fourth-order valence-electron chi connectivity index (χ4n) is 3.16. The highest BCUT2D eigenvalue weighted by atomic mass is 32.2. The molecular formula is C21H20N4O4S. The van der Waals surface area contributed by atoms with Crippen LogP contribution in [-0.4, -0.2) is 43.8 Å². The van der Waals surface area contributed by atoms with Gasteiger partial charge in [0, 0.05) is 37.3 Å². The molecule has 154 valence electrons. The number of anilines is 1. The van der Waals surface area contributed by atoms with E-state index >= 15 is 0 Å². The Balaban J connectivity index is 1.52. The maximum Gasteiger partial charge on any atom is 0.294 e. The largest absolute Gasteiger partial charge is 0.362 e. The van der Waals surface area contributed by atoms with E-state index in [1.807, 2.05) is 42.3 Å². The van der Waals surface area contributed by atoms with Crippen molar-refractivity contribution >= 4 is 27.5 Å². The molecule has 9 heteroatoms. The second kappa shape index (κ2) is 8.11. The van der Waals surface area contributed by atoms with E-state index in [0.717, 1.165) is 18.5 Å². The van der Waals surface area contributed by atoms with Crippen molar-refractivity contribution in [3.05, 3.63) is 66.4 Å². The van der Waals surface area contributed by atoms with Crippen LogP contribution >= 0.6 is 0 Å². The summed E-state index contributed by atoms with van der Waals surface area (Å²) in [5, 5.41) is 6.56. The van der Waals surface area contributed by atoms with Crippen molar-refractivity contribution in [1.82, 2.24) is 10.1 Å². The minimum atomic E-state index is -3.87. The molecule has 1 saturated heterocycles. The number of likely N-dealkylation sites (tertiary alicyclic amines) is 1. The third-order valence-electron chi connectivity index (χ3n) is 4.75. The number of aromatic nitrogens is 1. The number of benzene rings is 2. The van der Waals surface area contributed by atoms with Gasteiger partial charge < -0.3 is 14.7 Å². The van der Waals surface area contributed by atoms with E-state index < -0.39 is 15.9 Å². The molecule has 8 nitrogen and oxygen atoms in total. The minimum Gasteiger partial charge on any atom is -0.362 e. The van der Waals surface area contributed by atoms with E-state index in [9.17, 15) is 13.2 Å². The fourth-order valence-corrected chi connectivity index (χ4v) is 4.30. The van der Waals surface area contributed by atoms with Crippen LogP contribution in [0.15, 0.2) is 74.5 Å². The van der Waals surface area contributed by atoms with Gasteiger partial charge in [-0.25, -0.2) is 0 Å². The lowest BCUT2D eigenvalue weighted by molar-refractivity contribution is 0.0988. The predicted molar refractivity (Wildman–Crippen MR) is 113 cm³/mol. The smallest absolute Gasteiger partial charge is 0.294 e. The molecule has 3 aromatic rings. The van der Waals surface area contributed by atoms with Gasteiger partial charge in [0.25, 0.3) is 15.9 Å². The summed E-state index contributed by atoms with van der Waals surface area (Å²) in [6.45, 7) is 0.784. The molecule has 1 fully saturated rings. The van der Waals surface area contributed by atoms with E-state index in [1.54, 1.807) is 12.1 Å². The lowest BCUT2D eigenvalue weighted by Crippen LogP contribution is -2.20. The molecule has 0 radical (unpaired) electrons. The van der Waals surface area contributed by atoms with Crippen molar-refractivity contribution in [2.75, 3.05) is 18.9 Å². The molecule has 2 heterocycles. The molecule has 1 aliphatic heterocycles. The number of carbonyl (C=O) groups excluding carboxylic acids is 1. The van der Waals surface area contributed by atoms with Crippen LogP contribution < -0.4 is 5.32 Å². The first-order chi connectivity index (χ1) is 14.4. The van der Waals surface area contributed by atoms with E-state index in [-0.39, 0.29) is 10.7 Å². The van der Waals surface area contributed by atoms with Gasteiger partial charge in [-0.05, 0) is 24.6 Å². The summed E-state index contributed by atoms with van der Waals surface area (Å²) in [5.41, 5.74) is 1.68. The molecule has 1 N–H and O–H groups in total. The normalized spacial score (nSPS) is 15.5. The summed E-state index contributed by atoms with van der Waals surface area (Å²) < 4.78 is 34.4. The molecule has 0 bridgehead atoms. The Morgan fingerprint density at radius 1 is 1.13 bits per heavy atom. The Kier molecular flexibility index (Phi) is 5.37. The van der Waals surface area contributed by atoms with E-state index in [1.165, 1.54) is 18.2 Å². The summed E-state index contributed by atoms with van der Waals surface area (Å²) in [4.78, 5) is 14.4. The summed E-state index contributed by atoms with van der Waals surface area (Å²) >= 11 is 0. The van der Waals surface area contributed by atoms with Crippen molar-refractivity contribution < 1.29 is 17.7 Å². The SMILES string of the molecule is CN1CCC/C1=N\S(=O)(=O)c1cccc(NC(=O)c2cc(-c3ccccc3)no2)c1. The number of nitrogens with zero attached hydrogens (tertiary/aromatic N) is 3. The molecular weight excluding hydrogens is 404 g/mol. The quantitative estimate of drug-likeness (QED) is 0.673. The van der Waals surface area contributed by atoms with Gasteiger partial charge in [0.15, 0.2) is 0 Å². The molecule has 4 rings (SSSR count). The van der Waals surface area contributed by atoms with Gasteiger partial charge in [-0.3, -0.25) is 4.79 Å². The third kappa shape index (κ3) is 4.25. The first-order valence-corrected chi connectivity index (χ1v) is 10.8. The number of carbonyl (C=O) groups is 1. The van der Waals surface area contributed by atoms with E-state index in [0.29, 0.717) is 23.6 Å². The standard InChI is InChI=1S/C21H20N4O4S/c1-25-12-6-11-20(25)24-30(27,28)17-10-5-9-16(13-17)22-21(26)19-14-18(23-29-19)15-7-3-2-4-8-15/h2-5,7-10,13-14H,6,11-12H2,1H3,(H,22,26)/b24-20+. The lowest BCUT2D eigenvalue weighted by Gasteiger charge is -2.11. The number of nitrogens with one attached hydrogen (secondary N) is 1. The monoisotopic (exact) mass is 424 g/mol. The van der Waals surface area contributed by atoms with Crippen LogP contribution in [0.3, 0.4) is 0 Å². The first-order valence-electron chi connectivity index (χ1n) is 9.41. The predicted octanol–water partition coefficient (Wildman–Crippen LogP) is 3.41. The molecule has 0 spiro atoms. The lowest BCUT2D eigenvalue weighted by atomic mass is 10.1. The van der Waals surface area contributed by atoms with Crippen LogP contribution in [0.25, 0.3) is 11.3 Å². The molecule has 2 aromatic carbocycles. The Bertz CT molecular complexity index is 1200. The van der Waals surface area contributed by atoms with Gasteiger partial charge in [0.1, 0.15) is 11.5 Å². The Morgan fingerprint density at radius 3 is 2.67 bits per heavy atom. The average molecular weight is 424 g/mol. The topological polar surface area (TPSA) is 105 Å². The number of hydrogen-bond donors (Lipinski definition) is 1. The van der Waals surface area contributed by atoms with Gasteiger partial charge in [-0.1, -0.05) is 41.6 Å². The zero-order valence-corrected chi connectivity index (χ0v) is 17.1. The molecule has 0 aliphatic carbocycles. The first kappa shape index (κ1) is 19.8. The van der Waals surface area contributed by atoms with Gasteiger partial charge in [0.2, 0.25) is 5.76 Å². The second-order valence-corrected chi connectivity index (χ2v) is 8.54. The zero-order chi connectivity index (χ0) is 21.1. The van der Waals surface area contributed by atoms with Crippen LogP contribution in [0.5, 0.6) is 0 Å². The maximum atomic E-state index is 12.6. The van der Waals surface area contributed by atoms with Crippen molar-refractivity contribution in [3.8, 4) is 11.3 Å². The number of sulfonamides is 1. The fraction of sp³-hybridized carbons (Fsp3) is 0.190. The summed E-state index contributed by atoms with van der Waals surface area (Å²) in [6, 6.07) is 16.8. The van der Waals surface area contributed by atoms with Crippen LogP contribution in [0.4, 0.5) is 5.69 Å². The molecule has 0 unspecified atom stereocenters. The van der Waals surface area contributed by atoms with Gasteiger partial charge in [0.05, 0.1) is 4.90 Å². The Morgan fingerprint density at radius 2 is 1.93 bits per heavy atom. The highest BCUT2D eigenvalue weighted by Crippen LogP contribution is 2.22. The van der Waals surface area contributed by atoms with Gasteiger partial charge >= 0.3 is 0 Å². The molecule has 1 aromatic heterocycles. The molecule has 0 saturated carbocycles. The number of amides is 1. The van der Waals surface area contributed by atoms with Crippen molar-refractivity contribution in [3.63, 3.8) is 0 Å². The maximum absolute atomic E-state index is 12.6. The summed E-state index contributed by atoms with van der Waals surface area (Å²) in [7, 11) is -2.05.